The Kier molecular flexibility index (Phi) is 4.83. The number of aryl methyl sites for hydroxylation is 1. The molecule has 2 aromatic rings. The number of aromatic nitrogens is 3. The average Bonchev–Trinajstić information content (AvgIpc) is 3.13. The number of hydrogen-bond donors (Lipinski definition) is 0. The van der Waals surface area contributed by atoms with Crippen LogP contribution in [0.5, 0.6) is 0 Å². The van der Waals surface area contributed by atoms with E-state index in [1.165, 1.54) is 12.0 Å². The van der Waals surface area contributed by atoms with Gasteiger partial charge in [0, 0.05) is 63.4 Å². The fourth-order valence-electron chi connectivity index (χ4n) is 4.12. The van der Waals surface area contributed by atoms with Crippen LogP contribution in [-0.4, -0.2) is 63.7 Å². The Bertz CT molecular complexity index is 688. The molecular weight excluding hydrogens is 314 g/mol. The van der Waals surface area contributed by atoms with E-state index in [1.807, 2.05) is 30.9 Å². The van der Waals surface area contributed by atoms with Crippen molar-refractivity contribution in [2.24, 2.45) is 12.5 Å². The van der Waals surface area contributed by atoms with Crippen molar-refractivity contribution in [3.05, 3.63) is 48.3 Å². The summed E-state index contributed by atoms with van der Waals surface area (Å²) < 4.78 is 8.12. The van der Waals surface area contributed by atoms with Crippen LogP contribution in [0.2, 0.25) is 0 Å². The van der Waals surface area contributed by atoms with Gasteiger partial charge in [-0.05, 0) is 24.6 Å². The summed E-state index contributed by atoms with van der Waals surface area (Å²) in [5.41, 5.74) is 1.53. The molecule has 0 saturated carbocycles. The van der Waals surface area contributed by atoms with E-state index in [4.69, 9.17) is 4.74 Å². The summed E-state index contributed by atoms with van der Waals surface area (Å²) in [6, 6.07) is 4.18. The molecule has 0 N–H and O–H groups in total. The van der Waals surface area contributed by atoms with Crippen molar-refractivity contribution in [1.29, 1.82) is 0 Å². The molecule has 0 aliphatic carbocycles. The Morgan fingerprint density at radius 2 is 2.04 bits per heavy atom. The number of rotatable bonds is 4. The minimum Gasteiger partial charge on any atom is -0.379 e. The molecule has 0 unspecified atom stereocenters. The molecule has 2 aliphatic heterocycles. The second-order valence-electron chi connectivity index (χ2n) is 7.54. The number of imidazole rings is 1. The molecule has 0 bridgehead atoms. The number of likely N-dealkylation sites (tertiary alicyclic amines) is 1. The van der Waals surface area contributed by atoms with Gasteiger partial charge in [-0.2, -0.15) is 0 Å². The highest BCUT2D eigenvalue weighted by atomic mass is 16.5. The molecule has 6 nitrogen and oxygen atoms in total. The molecule has 2 fully saturated rings. The predicted molar refractivity (Wildman–Crippen MR) is 95.9 cm³/mol. The van der Waals surface area contributed by atoms with Gasteiger partial charge in [-0.3, -0.25) is 14.8 Å². The quantitative estimate of drug-likeness (QED) is 0.844. The van der Waals surface area contributed by atoms with Crippen LogP contribution in [0.3, 0.4) is 0 Å². The molecule has 0 amide bonds. The van der Waals surface area contributed by atoms with Crippen LogP contribution in [0.4, 0.5) is 0 Å². The lowest BCUT2D eigenvalue weighted by Crippen LogP contribution is -2.40. The van der Waals surface area contributed by atoms with Crippen molar-refractivity contribution in [1.82, 2.24) is 24.3 Å². The van der Waals surface area contributed by atoms with Gasteiger partial charge in [0.2, 0.25) is 0 Å². The summed E-state index contributed by atoms with van der Waals surface area (Å²) in [6.07, 6.45) is 8.91. The summed E-state index contributed by atoms with van der Waals surface area (Å²) in [6.45, 7) is 7.86. The van der Waals surface area contributed by atoms with E-state index in [9.17, 15) is 0 Å². The predicted octanol–water partition coefficient (Wildman–Crippen LogP) is 1.54. The molecular formula is C19H27N5O. The Morgan fingerprint density at radius 3 is 2.80 bits per heavy atom. The molecule has 6 heteroatoms. The maximum absolute atomic E-state index is 6.00. The van der Waals surface area contributed by atoms with E-state index >= 15 is 0 Å². The monoisotopic (exact) mass is 341 g/mol. The lowest BCUT2D eigenvalue weighted by atomic mass is 9.87. The fraction of sp³-hybridized carbons (Fsp3) is 0.579. The van der Waals surface area contributed by atoms with Crippen molar-refractivity contribution in [2.75, 3.05) is 39.4 Å². The van der Waals surface area contributed by atoms with E-state index in [0.717, 1.165) is 58.3 Å². The number of hydrogen-bond acceptors (Lipinski definition) is 5. The van der Waals surface area contributed by atoms with Gasteiger partial charge >= 0.3 is 0 Å². The lowest BCUT2D eigenvalue weighted by molar-refractivity contribution is 0.0705. The zero-order chi connectivity index (χ0) is 17.1. The molecule has 2 saturated heterocycles. The van der Waals surface area contributed by atoms with Crippen LogP contribution in [0.1, 0.15) is 17.8 Å². The van der Waals surface area contributed by atoms with Crippen molar-refractivity contribution in [2.45, 2.75) is 19.5 Å². The van der Waals surface area contributed by atoms with Gasteiger partial charge < -0.3 is 9.30 Å². The van der Waals surface area contributed by atoms with E-state index in [2.05, 4.69) is 37.4 Å². The minimum absolute atomic E-state index is 0.240. The van der Waals surface area contributed by atoms with Crippen molar-refractivity contribution >= 4 is 0 Å². The molecule has 1 spiro atoms. The third kappa shape index (κ3) is 3.92. The van der Waals surface area contributed by atoms with Crippen LogP contribution in [0.15, 0.2) is 36.9 Å². The Labute approximate surface area is 149 Å². The zero-order valence-corrected chi connectivity index (χ0v) is 15.0. The first-order valence-corrected chi connectivity index (χ1v) is 9.10. The van der Waals surface area contributed by atoms with Crippen LogP contribution >= 0.6 is 0 Å². The molecule has 2 aromatic heterocycles. The Morgan fingerprint density at radius 1 is 1.16 bits per heavy atom. The first-order chi connectivity index (χ1) is 12.2. The fourth-order valence-corrected chi connectivity index (χ4v) is 4.12. The molecule has 0 aromatic carbocycles. The second-order valence-corrected chi connectivity index (χ2v) is 7.54. The van der Waals surface area contributed by atoms with Gasteiger partial charge in [-0.1, -0.05) is 6.07 Å². The van der Waals surface area contributed by atoms with Crippen molar-refractivity contribution < 1.29 is 4.74 Å². The minimum atomic E-state index is 0.240. The Balaban J connectivity index is 1.41. The van der Waals surface area contributed by atoms with Crippen LogP contribution < -0.4 is 0 Å². The largest absolute Gasteiger partial charge is 0.379 e. The summed E-state index contributed by atoms with van der Waals surface area (Å²) in [4.78, 5) is 13.8. The zero-order valence-electron chi connectivity index (χ0n) is 15.0. The third-order valence-corrected chi connectivity index (χ3v) is 5.45. The number of ether oxygens (including phenoxy) is 1. The summed E-state index contributed by atoms with van der Waals surface area (Å²) in [5.74, 6) is 1.13. The molecule has 0 radical (unpaired) electrons. The highest BCUT2D eigenvalue weighted by Crippen LogP contribution is 2.34. The second kappa shape index (κ2) is 7.23. The highest BCUT2D eigenvalue weighted by molar-refractivity contribution is 5.09. The van der Waals surface area contributed by atoms with Crippen molar-refractivity contribution in [3.63, 3.8) is 0 Å². The molecule has 2 aliphatic rings. The SMILES string of the molecule is Cn1ccnc1CN1CCOC[C@]2(CCN(Cc3cccnc3)C2)C1. The first-order valence-electron chi connectivity index (χ1n) is 9.10. The molecule has 1 atom stereocenters. The molecule has 25 heavy (non-hydrogen) atoms. The maximum atomic E-state index is 6.00. The van der Waals surface area contributed by atoms with Gasteiger partial charge in [0.1, 0.15) is 5.82 Å². The average molecular weight is 341 g/mol. The van der Waals surface area contributed by atoms with Crippen molar-refractivity contribution in [3.8, 4) is 0 Å². The topological polar surface area (TPSA) is 46.4 Å². The van der Waals surface area contributed by atoms with E-state index in [-0.39, 0.29) is 5.41 Å². The normalized spacial score (nSPS) is 25.5. The van der Waals surface area contributed by atoms with Gasteiger partial charge in [0.25, 0.3) is 0 Å². The van der Waals surface area contributed by atoms with Gasteiger partial charge in [0.15, 0.2) is 0 Å². The number of pyridine rings is 1. The molecule has 4 rings (SSSR count). The summed E-state index contributed by atoms with van der Waals surface area (Å²) in [5, 5.41) is 0. The van der Waals surface area contributed by atoms with E-state index in [0.29, 0.717) is 0 Å². The Hall–Kier alpha value is -1.76. The van der Waals surface area contributed by atoms with Gasteiger partial charge in [-0.15, -0.1) is 0 Å². The highest BCUT2D eigenvalue weighted by Gasteiger charge is 2.41. The van der Waals surface area contributed by atoms with Gasteiger partial charge in [0.05, 0.1) is 19.8 Å². The van der Waals surface area contributed by atoms with Crippen LogP contribution in [0, 0.1) is 5.41 Å². The smallest absolute Gasteiger partial charge is 0.122 e. The van der Waals surface area contributed by atoms with E-state index in [1.54, 1.807) is 0 Å². The summed E-state index contributed by atoms with van der Waals surface area (Å²) >= 11 is 0. The number of nitrogens with zero attached hydrogens (tertiary/aromatic N) is 5. The maximum Gasteiger partial charge on any atom is 0.122 e. The summed E-state index contributed by atoms with van der Waals surface area (Å²) in [7, 11) is 2.07. The lowest BCUT2D eigenvalue weighted by Gasteiger charge is -2.31. The molecule has 134 valence electrons. The standard InChI is InChI=1S/C19H27N5O/c1-22-8-6-21-18(22)13-24-9-10-25-16-19(15-24)4-7-23(14-19)12-17-3-2-5-20-11-17/h2-3,5-6,8,11H,4,7,9-10,12-16H2,1H3/t19-/m0/s1. The van der Waals surface area contributed by atoms with Gasteiger partial charge in [-0.25, -0.2) is 4.98 Å². The van der Waals surface area contributed by atoms with E-state index < -0.39 is 0 Å². The first kappa shape index (κ1) is 16.7. The van der Waals surface area contributed by atoms with Crippen LogP contribution in [-0.2, 0) is 24.9 Å². The third-order valence-electron chi connectivity index (χ3n) is 5.45. The molecule has 4 heterocycles. The van der Waals surface area contributed by atoms with Crippen LogP contribution in [0.25, 0.3) is 0 Å².